The molecular formula is C52H44N10O5. The number of aromatic amines is 2. The summed E-state index contributed by atoms with van der Waals surface area (Å²) in [6.07, 6.45) is 1.86. The summed E-state index contributed by atoms with van der Waals surface area (Å²) in [5.74, 6) is 3.02. The minimum atomic E-state index is -0.421. The maximum atomic E-state index is 12.4. The fourth-order valence-corrected chi connectivity index (χ4v) is 7.56. The van der Waals surface area contributed by atoms with E-state index in [1.54, 1.807) is 13.2 Å². The Morgan fingerprint density at radius 3 is 1.73 bits per heavy atom. The highest BCUT2D eigenvalue weighted by Gasteiger charge is 2.16. The normalized spacial score (nSPS) is 10.9. The predicted molar refractivity (Wildman–Crippen MR) is 252 cm³/mol. The van der Waals surface area contributed by atoms with E-state index in [2.05, 4.69) is 87.6 Å². The van der Waals surface area contributed by atoms with Crippen molar-refractivity contribution in [3.05, 3.63) is 208 Å². The van der Waals surface area contributed by atoms with Crippen LogP contribution in [-0.2, 0) is 37.2 Å². The number of carbonyl (C=O) groups is 1. The maximum Gasteiger partial charge on any atom is 0.338 e. The molecule has 2 N–H and O–H groups in total. The standard InChI is InChI=1S/C26H21N5O3.C26H23N5O2/c1-33-26(32)23-15-20(25-28-30-31-29-25)10-9-19(23)13-17-5-4-7-22(14-17)34-16-21-12-11-18-6-2-3-8-24(18)27-21;1-32-25-15-19(16-26-28-30-31-29-26)9-10-21(25)13-18-5-4-7-23(14-18)33-17-22-12-11-20-6-2-3-8-24(20)27-22/h2-12,14-15H,13,16H2,1H3,(H,28,29,30,31);2-12,14-15H,13,16-17H2,1H3,(H,28,29,30,31). The van der Waals surface area contributed by atoms with Crippen molar-refractivity contribution in [2.24, 2.45) is 0 Å². The number of tetrazole rings is 2. The lowest BCUT2D eigenvalue weighted by molar-refractivity contribution is 0.0599. The quantitative estimate of drug-likeness (QED) is 0.0930. The molecule has 6 aromatic carbocycles. The van der Waals surface area contributed by atoms with Crippen molar-refractivity contribution in [1.29, 1.82) is 0 Å². The second kappa shape index (κ2) is 20.8. The van der Waals surface area contributed by atoms with Gasteiger partial charge in [-0.05, 0) is 100 Å². The summed E-state index contributed by atoms with van der Waals surface area (Å²) in [6, 6.07) is 51.8. The molecule has 0 aliphatic heterocycles. The molecule has 4 heterocycles. The van der Waals surface area contributed by atoms with Gasteiger partial charge in [-0.2, -0.15) is 10.4 Å². The molecule has 0 saturated carbocycles. The van der Waals surface area contributed by atoms with E-state index in [9.17, 15) is 4.79 Å². The van der Waals surface area contributed by atoms with E-state index in [1.165, 1.54) is 7.11 Å². The first kappa shape index (κ1) is 43.4. The van der Waals surface area contributed by atoms with Crippen LogP contribution in [0.15, 0.2) is 158 Å². The second-order valence-corrected chi connectivity index (χ2v) is 15.5. The number of para-hydroxylation sites is 2. The van der Waals surface area contributed by atoms with E-state index in [0.717, 1.165) is 84.7 Å². The van der Waals surface area contributed by atoms with Crippen molar-refractivity contribution < 1.29 is 23.7 Å². The van der Waals surface area contributed by atoms with E-state index in [1.807, 2.05) is 115 Å². The summed E-state index contributed by atoms with van der Waals surface area (Å²) >= 11 is 0. The predicted octanol–water partition coefficient (Wildman–Crippen LogP) is 8.89. The van der Waals surface area contributed by atoms with Crippen LogP contribution < -0.4 is 14.2 Å². The highest BCUT2D eigenvalue weighted by Crippen LogP contribution is 2.27. The molecule has 15 nitrogen and oxygen atoms in total. The van der Waals surface area contributed by atoms with Crippen molar-refractivity contribution in [2.45, 2.75) is 32.5 Å². The van der Waals surface area contributed by atoms with Gasteiger partial charge in [0.15, 0.2) is 5.82 Å². The van der Waals surface area contributed by atoms with Crippen LogP contribution in [0.3, 0.4) is 0 Å². The number of hydrogen-bond donors (Lipinski definition) is 2. The first-order valence-electron chi connectivity index (χ1n) is 21.4. The number of aromatic nitrogens is 10. The lowest BCUT2D eigenvalue weighted by Crippen LogP contribution is -2.07. The fourth-order valence-electron chi connectivity index (χ4n) is 7.56. The summed E-state index contributed by atoms with van der Waals surface area (Å²) < 4.78 is 22.7. The lowest BCUT2D eigenvalue weighted by Gasteiger charge is -2.12. The molecule has 0 aliphatic rings. The van der Waals surface area contributed by atoms with Gasteiger partial charge in [-0.25, -0.2) is 14.8 Å². The molecule has 0 spiro atoms. The number of rotatable bonds is 15. The molecule has 0 saturated heterocycles. The Kier molecular flexibility index (Phi) is 13.5. The van der Waals surface area contributed by atoms with Crippen molar-refractivity contribution in [3.8, 4) is 28.6 Å². The van der Waals surface area contributed by atoms with E-state index in [-0.39, 0.29) is 0 Å². The Balaban J connectivity index is 0.000000168. The van der Waals surface area contributed by atoms with Gasteiger partial charge in [0, 0.05) is 29.2 Å². The minimum Gasteiger partial charge on any atom is -0.496 e. The number of fused-ring (bicyclic) bond motifs is 2. The van der Waals surface area contributed by atoms with Gasteiger partial charge in [0.2, 0.25) is 5.82 Å². The summed E-state index contributed by atoms with van der Waals surface area (Å²) in [4.78, 5) is 21.8. The van der Waals surface area contributed by atoms with Crippen LogP contribution in [0.5, 0.6) is 17.2 Å². The topological polar surface area (TPSA) is 189 Å². The van der Waals surface area contributed by atoms with Gasteiger partial charge in [0.05, 0.1) is 42.2 Å². The van der Waals surface area contributed by atoms with E-state index in [0.29, 0.717) is 48.8 Å². The average molecular weight is 889 g/mol. The Morgan fingerprint density at radius 2 is 1.13 bits per heavy atom. The SMILES string of the molecule is COC(=O)c1cc(-c2nn[nH]n2)ccc1Cc1cccc(OCc2ccc3ccccc3n2)c1.COc1cc(Cc2nn[nH]n2)ccc1Cc1cccc(OCc2ccc3ccccc3n2)c1. The van der Waals surface area contributed by atoms with Crippen molar-refractivity contribution in [2.75, 3.05) is 14.2 Å². The molecule has 0 bridgehead atoms. The van der Waals surface area contributed by atoms with Gasteiger partial charge in [0.25, 0.3) is 0 Å². The lowest BCUT2D eigenvalue weighted by atomic mass is 9.97. The summed E-state index contributed by atoms with van der Waals surface area (Å²) in [5.41, 5.74) is 9.94. The third-order valence-corrected chi connectivity index (χ3v) is 10.9. The summed E-state index contributed by atoms with van der Waals surface area (Å²) in [5, 5.41) is 30.3. The molecule has 0 radical (unpaired) electrons. The monoisotopic (exact) mass is 888 g/mol. The van der Waals surface area contributed by atoms with E-state index >= 15 is 0 Å². The Morgan fingerprint density at radius 1 is 0.537 bits per heavy atom. The zero-order valence-electron chi connectivity index (χ0n) is 36.7. The van der Waals surface area contributed by atoms with Crippen LogP contribution in [0.4, 0.5) is 0 Å². The maximum absolute atomic E-state index is 12.4. The molecule has 332 valence electrons. The Hall–Kier alpha value is -8.85. The van der Waals surface area contributed by atoms with Gasteiger partial charge in [-0.3, -0.25) is 0 Å². The van der Waals surface area contributed by atoms with Gasteiger partial charge in [-0.1, -0.05) is 102 Å². The van der Waals surface area contributed by atoms with Crippen molar-refractivity contribution >= 4 is 27.8 Å². The van der Waals surface area contributed by atoms with Crippen molar-refractivity contribution in [1.82, 2.24) is 51.2 Å². The third-order valence-electron chi connectivity index (χ3n) is 10.9. The first-order chi connectivity index (χ1) is 33.0. The molecule has 0 aliphatic carbocycles. The van der Waals surface area contributed by atoms with Gasteiger partial charge in [0.1, 0.15) is 30.5 Å². The van der Waals surface area contributed by atoms with E-state index < -0.39 is 5.97 Å². The molecular weight excluding hydrogens is 845 g/mol. The molecule has 4 aromatic heterocycles. The Bertz CT molecular complexity index is 3250. The molecule has 10 rings (SSSR count). The smallest absolute Gasteiger partial charge is 0.338 e. The number of nitrogens with one attached hydrogen (secondary N) is 2. The number of nitrogens with zero attached hydrogens (tertiary/aromatic N) is 8. The average Bonchev–Trinajstić information content (AvgIpc) is 4.12. The zero-order chi connectivity index (χ0) is 45.8. The molecule has 0 fully saturated rings. The van der Waals surface area contributed by atoms with Crippen LogP contribution in [0.25, 0.3) is 33.2 Å². The molecule has 0 amide bonds. The summed E-state index contributed by atoms with van der Waals surface area (Å²) in [6.45, 7) is 0.781. The van der Waals surface area contributed by atoms with Crippen LogP contribution in [-0.4, -0.2) is 71.4 Å². The fraction of sp³-hybridized carbons (Fsp3) is 0.135. The van der Waals surface area contributed by atoms with Crippen molar-refractivity contribution in [3.63, 3.8) is 0 Å². The molecule has 0 unspecified atom stereocenters. The molecule has 0 atom stereocenters. The largest absolute Gasteiger partial charge is 0.496 e. The minimum absolute atomic E-state index is 0.362. The number of carbonyl (C=O) groups excluding carboxylic acids is 1. The van der Waals surface area contributed by atoms with E-state index in [4.69, 9.17) is 18.9 Å². The van der Waals surface area contributed by atoms with Crippen LogP contribution in [0.2, 0.25) is 0 Å². The highest BCUT2D eigenvalue weighted by atomic mass is 16.5. The zero-order valence-corrected chi connectivity index (χ0v) is 36.7. The number of pyridine rings is 2. The first-order valence-corrected chi connectivity index (χ1v) is 21.4. The molecule has 10 aromatic rings. The number of benzene rings is 6. The van der Waals surface area contributed by atoms with Crippen LogP contribution >= 0.6 is 0 Å². The number of methoxy groups -OCH3 is 2. The molecule has 67 heavy (non-hydrogen) atoms. The number of H-pyrrole nitrogens is 2. The van der Waals surface area contributed by atoms with Gasteiger partial charge >= 0.3 is 5.97 Å². The van der Waals surface area contributed by atoms with Crippen LogP contribution in [0.1, 0.15) is 55.4 Å². The van der Waals surface area contributed by atoms with Gasteiger partial charge in [-0.15, -0.1) is 20.4 Å². The number of hydrogen-bond acceptors (Lipinski definition) is 13. The summed E-state index contributed by atoms with van der Waals surface area (Å²) in [7, 11) is 3.05. The third kappa shape index (κ3) is 11.1. The Labute approximate surface area is 385 Å². The van der Waals surface area contributed by atoms with Crippen LogP contribution in [0, 0.1) is 0 Å². The second-order valence-electron chi connectivity index (χ2n) is 15.5. The molecule has 15 heteroatoms. The number of esters is 1. The highest BCUT2D eigenvalue weighted by molar-refractivity contribution is 5.92. The number of ether oxygens (including phenoxy) is 4. The van der Waals surface area contributed by atoms with Gasteiger partial charge < -0.3 is 18.9 Å².